The van der Waals surface area contributed by atoms with E-state index in [0.29, 0.717) is 17.5 Å². The Kier molecular flexibility index (Phi) is 5.65. The smallest absolute Gasteiger partial charge is 0.165 e. The molecule has 0 aliphatic rings. The van der Waals surface area contributed by atoms with Crippen LogP contribution >= 0.6 is 0 Å². The van der Waals surface area contributed by atoms with Crippen molar-refractivity contribution in [3.8, 4) is 39.9 Å². The number of benzene rings is 6. The molecule has 9 rings (SSSR count). The van der Waals surface area contributed by atoms with Gasteiger partial charge in [-0.3, -0.25) is 0 Å². The molecule has 0 atom stereocenters. The lowest BCUT2D eigenvalue weighted by molar-refractivity contribution is 0.669. The topological polar surface area (TPSA) is 56.7 Å². The van der Waals surface area contributed by atoms with E-state index in [0.717, 1.165) is 66.3 Å². The SMILES string of the molecule is Cc1ccc2oc3cc4c5ccccc5n(-c5ccccc5)c4cc3c2c1-c1nc(-c2ccccc2)nc(-c2ccccc2)n1. The average Bonchev–Trinajstić information content (AvgIpc) is 3.63. The van der Waals surface area contributed by atoms with Gasteiger partial charge in [0, 0.05) is 43.9 Å². The number of hydrogen-bond acceptors (Lipinski definition) is 4. The lowest BCUT2D eigenvalue weighted by atomic mass is 9.99. The molecule has 0 amide bonds. The van der Waals surface area contributed by atoms with E-state index in [9.17, 15) is 0 Å². The lowest BCUT2D eigenvalue weighted by Gasteiger charge is -2.11. The molecule has 0 aliphatic carbocycles. The second-order valence-corrected chi connectivity index (χ2v) is 11.3. The van der Waals surface area contributed by atoms with E-state index in [4.69, 9.17) is 19.4 Å². The number of hydrogen-bond donors (Lipinski definition) is 0. The fourth-order valence-electron chi connectivity index (χ4n) is 6.50. The molecule has 3 aromatic heterocycles. The van der Waals surface area contributed by atoms with Crippen molar-refractivity contribution >= 4 is 43.7 Å². The summed E-state index contributed by atoms with van der Waals surface area (Å²) in [5.74, 6) is 1.89. The number of aryl methyl sites for hydroxylation is 1. The fourth-order valence-corrected chi connectivity index (χ4v) is 6.50. The first-order valence-electron chi connectivity index (χ1n) is 15.0. The lowest BCUT2D eigenvalue weighted by Crippen LogP contribution is -2.01. The summed E-state index contributed by atoms with van der Waals surface area (Å²) in [6.45, 7) is 2.11. The fraction of sp³-hybridized carbons (Fsp3) is 0.0250. The number of nitrogens with zero attached hydrogens (tertiary/aromatic N) is 4. The van der Waals surface area contributed by atoms with Crippen LogP contribution in [0.2, 0.25) is 0 Å². The van der Waals surface area contributed by atoms with E-state index in [1.54, 1.807) is 0 Å². The molecule has 0 fully saturated rings. The minimum absolute atomic E-state index is 0.622. The van der Waals surface area contributed by atoms with Gasteiger partial charge in [0.05, 0.1) is 11.0 Å². The summed E-state index contributed by atoms with van der Waals surface area (Å²) < 4.78 is 8.93. The molecule has 9 aromatic rings. The van der Waals surface area contributed by atoms with Crippen LogP contribution in [-0.2, 0) is 0 Å². The summed E-state index contributed by atoms with van der Waals surface area (Å²) in [5.41, 5.74) is 8.93. The quantitative estimate of drug-likeness (QED) is 0.208. The maximum Gasteiger partial charge on any atom is 0.165 e. The van der Waals surface area contributed by atoms with Gasteiger partial charge >= 0.3 is 0 Å². The Hall–Kier alpha value is -6.07. The number of furan rings is 1. The maximum absolute atomic E-state index is 6.59. The Morgan fingerprint density at radius 2 is 1.09 bits per heavy atom. The van der Waals surface area contributed by atoms with Crippen LogP contribution in [0.15, 0.2) is 144 Å². The minimum Gasteiger partial charge on any atom is -0.456 e. The van der Waals surface area contributed by atoms with Crippen molar-refractivity contribution in [2.45, 2.75) is 6.92 Å². The largest absolute Gasteiger partial charge is 0.456 e. The van der Waals surface area contributed by atoms with Gasteiger partial charge in [-0.2, -0.15) is 0 Å². The van der Waals surface area contributed by atoms with E-state index in [-0.39, 0.29) is 0 Å². The molecule has 0 spiro atoms. The Morgan fingerprint density at radius 1 is 0.489 bits per heavy atom. The molecule has 0 saturated carbocycles. The summed E-state index contributed by atoms with van der Waals surface area (Å²) in [6.07, 6.45) is 0. The molecule has 212 valence electrons. The second kappa shape index (κ2) is 10.00. The van der Waals surface area contributed by atoms with Gasteiger partial charge < -0.3 is 8.98 Å². The first-order chi connectivity index (χ1) is 22.2. The maximum atomic E-state index is 6.59. The molecule has 6 aromatic carbocycles. The highest BCUT2D eigenvalue weighted by molar-refractivity contribution is 6.19. The Balaban J connectivity index is 1.37. The molecule has 5 heteroatoms. The summed E-state index contributed by atoms with van der Waals surface area (Å²) in [6, 6.07) is 47.8. The summed E-state index contributed by atoms with van der Waals surface area (Å²) in [5, 5.41) is 4.37. The Bertz CT molecular complexity index is 2470. The van der Waals surface area contributed by atoms with Crippen LogP contribution in [0.5, 0.6) is 0 Å². The van der Waals surface area contributed by atoms with E-state index in [1.807, 2.05) is 60.7 Å². The van der Waals surface area contributed by atoms with Crippen molar-refractivity contribution in [2.24, 2.45) is 0 Å². The summed E-state index contributed by atoms with van der Waals surface area (Å²) >= 11 is 0. The highest BCUT2D eigenvalue weighted by Gasteiger charge is 2.22. The third-order valence-electron chi connectivity index (χ3n) is 8.58. The van der Waals surface area contributed by atoms with E-state index >= 15 is 0 Å². The van der Waals surface area contributed by atoms with Gasteiger partial charge in [-0.1, -0.05) is 103 Å². The highest BCUT2D eigenvalue weighted by atomic mass is 16.3. The number of fused-ring (bicyclic) bond motifs is 6. The molecule has 0 N–H and O–H groups in total. The van der Waals surface area contributed by atoms with Gasteiger partial charge in [0.2, 0.25) is 0 Å². The standard InChI is InChI=1S/C40H26N4O/c1-25-21-22-34-37(36(25)40-42-38(26-13-5-2-6-14-26)41-39(43-40)27-15-7-3-8-16-27)31-23-33-30(24-35(31)45-34)29-19-11-12-20-32(29)44(33)28-17-9-4-10-18-28/h2-24H,1H3. The minimum atomic E-state index is 0.622. The van der Waals surface area contributed by atoms with E-state index in [1.165, 1.54) is 5.39 Å². The average molecular weight is 579 g/mol. The molecule has 45 heavy (non-hydrogen) atoms. The zero-order valence-electron chi connectivity index (χ0n) is 24.5. The molecular weight excluding hydrogens is 552 g/mol. The van der Waals surface area contributed by atoms with Crippen molar-refractivity contribution in [1.82, 2.24) is 19.5 Å². The molecule has 0 saturated heterocycles. The van der Waals surface area contributed by atoms with Crippen LogP contribution in [0.25, 0.3) is 83.6 Å². The van der Waals surface area contributed by atoms with E-state index in [2.05, 4.69) is 90.4 Å². The molecule has 5 nitrogen and oxygen atoms in total. The van der Waals surface area contributed by atoms with Crippen LogP contribution < -0.4 is 0 Å². The molecule has 0 unspecified atom stereocenters. The van der Waals surface area contributed by atoms with Crippen LogP contribution in [0, 0.1) is 6.92 Å². The highest BCUT2D eigenvalue weighted by Crippen LogP contribution is 2.42. The van der Waals surface area contributed by atoms with Gasteiger partial charge in [0.1, 0.15) is 11.2 Å². The molecule has 0 bridgehead atoms. The van der Waals surface area contributed by atoms with Crippen molar-refractivity contribution in [3.05, 3.63) is 145 Å². The molecule has 0 aliphatic heterocycles. The van der Waals surface area contributed by atoms with Crippen molar-refractivity contribution in [3.63, 3.8) is 0 Å². The predicted molar refractivity (Wildman–Crippen MR) is 182 cm³/mol. The third-order valence-corrected chi connectivity index (χ3v) is 8.58. The Morgan fingerprint density at radius 3 is 1.78 bits per heavy atom. The van der Waals surface area contributed by atoms with Gasteiger partial charge in [-0.15, -0.1) is 0 Å². The second-order valence-electron chi connectivity index (χ2n) is 11.3. The first kappa shape index (κ1) is 25.4. The van der Waals surface area contributed by atoms with Gasteiger partial charge in [0.15, 0.2) is 17.5 Å². The van der Waals surface area contributed by atoms with E-state index < -0.39 is 0 Å². The zero-order valence-corrected chi connectivity index (χ0v) is 24.5. The third kappa shape index (κ3) is 4.05. The van der Waals surface area contributed by atoms with Gasteiger partial charge in [-0.05, 0) is 48.9 Å². The summed E-state index contributed by atoms with van der Waals surface area (Å²) in [7, 11) is 0. The normalized spacial score (nSPS) is 11.7. The predicted octanol–water partition coefficient (Wildman–Crippen LogP) is 10.2. The monoisotopic (exact) mass is 578 g/mol. The van der Waals surface area contributed by atoms with Crippen molar-refractivity contribution < 1.29 is 4.42 Å². The molecule has 0 radical (unpaired) electrons. The van der Waals surface area contributed by atoms with Gasteiger partial charge in [-0.25, -0.2) is 15.0 Å². The Labute approximate surface area is 259 Å². The first-order valence-corrected chi connectivity index (χ1v) is 15.0. The number of rotatable bonds is 4. The van der Waals surface area contributed by atoms with Crippen LogP contribution in [0.1, 0.15) is 5.56 Å². The number of aromatic nitrogens is 4. The van der Waals surface area contributed by atoms with Gasteiger partial charge in [0.25, 0.3) is 0 Å². The molecule has 3 heterocycles. The zero-order chi connectivity index (χ0) is 29.9. The number of para-hydroxylation sites is 2. The van der Waals surface area contributed by atoms with Crippen LogP contribution in [0.4, 0.5) is 0 Å². The molecular formula is C40H26N4O. The van der Waals surface area contributed by atoms with Crippen LogP contribution in [-0.4, -0.2) is 19.5 Å². The van der Waals surface area contributed by atoms with Crippen LogP contribution in [0.3, 0.4) is 0 Å². The van der Waals surface area contributed by atoms with Crippen molar-refractivity contribution in [1.29, 1.82) is 0 Å². The van der Waals surface area contributed by atoms with Crippen molar-refractivity contribution in [2.75, 3.05) is 0 Å². The summed E-state index contributed by atoms with van der Waals surface area (Å²) in [4.78, 5) is 15.1.